The first-order valence-corrected chi connectivity index (χ1v) is 6.99. The Bertz CT molecular complexity index is 703. The van der Waals surface area contributed by atoms with Crippen molar-refractivity contribution in [1.82, 2.24) is 14.8 Å². The zero-order valence-corrected chi connectivity index (χ0v) is 12.3. The largest absolute Gasteiger partial charge is 0.487 e. The number of carboxylic acids is 1. The summed E-state index contributed by atoms with van der Waals surface area (Å²) >= 11 is 0. The van der Waals surface area contributed by atoms with Crippen LogP contribution in [0.15, 0.2) is 18.5 Å². The van der Waals surface area contributed by atoms with Gasteiger partial charge < -0.3 is 9.84 Å². The van der Waals surface area contributed by atoms with Gasteiger partial charge in [-0.3, -0.25) is 14.5 Å². The summed E-state index contributed by atoms with van der Waals surface area (Å²) in [6, 6.07) is 1.54. The highest BCUT2D eigenvalue weighted by Crippen LogP contribution is 2.33. The molecule has 1 aliphatic rings. The summed E-state index contributed by atoms with van der Waals surface area (Å²) in [5, 5.41) is 13.0. The van der Waals surface area contributed by atoms with E-state index in [0.29, 0.717) is 18.5 Å². The number of pyridine rings is 1. The van der Waals surface area contributed by atoms with E-state index in [9.17, 15) is 9.18 Å². The number of hydrogen-bond acceptors (Lipinski definition) is 4. The van der Waals surface area contributed by atoms with Crippen molar-refractivity contribution in [2.24, 2.45) is 13.0 Å². The van der Waals surface area contributed by atoms with Crippen LogP contribution in [0.5, 0.6) is 5.75 Å². The number of aryl methyl sites for hydroxylation is 2. The van der Waals surface area contributed by atoms with Crippen molar-refractivity contribution in [3.8, 4) is 17.1 Å². The number of carboxylic acid groups (broad SMARTS) is 1. The first-order valence-electron chi connectivity index (χ1n) is 6.99. The number of halogens is 1. The van der Waals surface area contributed by atoms with Crippen molar-refractivity contribution in [3.63, 3.8) is 0 Å². The molecule has 0 aliphatic heterocycles. The highest BCUT2D eigenvalue weighted by atomic mass is 19.1. The number of carbonyl (C=O) groups is 1. The SMILES string of the molecule is Cc1cnn(C)c1-c1cc(OC2CC(C(=O)O)C2)c(F)cn1. The Labute approximate surface area is 126 Å². The van der Waals surface area contributed by atoms with Crippen LogP contribution in [-0.4, -0.2) is 31.9 Å². The van der Waals surface area contributed by atoms with E-state index in [4.69, 9.17) is 9.84 Å². The van der Waals surface area contributed by atoms with Crippen LogP contribution < -0.4 is 4.74 Å². The third-order valence-electron chi connectivity index (χ3n) is 3.92. The van der Waals surface area contributed by atoms with Crippen LogP contribution in [0.1, 0.15) is 18.4 Å². The fourth-order valence-electron chi connectivity index (χ4n) is 2.60. The van der Waals surface area contributed by atoms with Crippen molar-refractivity contribution in [3.05, 3.63) is 29.8 Å². The van der Waals surface area contributed by atoms with Crippen molar-refractivity contribution in [1.29, 1.82) is 0 Å². The Hall–Kier alpha value is -2.44. The summed E-state index contributed by atoms with van der Waals surface area (Å²) in [4.78, 5) is 14.9. The average Bonchev–Trinajstić information content (AvgIpc) is 2.74. The van der Waals surface area contributed by atoms with Gasteiger partial charge in [0.15, 0.2) is 11.6 Å². The van der Waals surface area contributed by atoms with Crippen LogP contribution in [0, 0.1) is 18.7 Å². The molecule has 0 aromatic carbocycles. The molecular formula is C15H16FN3O3. The maximum atomic E-state index is 13.9. The van der Waals surface area contributed by atoms with Crippen LogP contribution in [0.3, 0.4) is 0 Å². The Morgan fingerprint density at radius 1 is 1.45 bits per heavy atom. The van der Waals surface area contributed by atoms with Crippen LogP contribution >= 0.6 is 0 Å². The lowest BCUT2D eigenvalue weighted by atomic mass is 9.82. The molecule has 116 valence electrons. The van der Waals surface area contributed by atoms with Gasteiger partial charge in [-0.15, -0.1) is 0 Å². The van der Waals surface area contributed by atoms with E-state index in [-0.39, 0.29) is 11.9 Å². The second kappa shape index (κ2) is 5.40. The molecule has 0 saturated heterocycles. The third-order valence-corrected chi connectivity index (χ3v) is 3.92. The van der Waals surface area contributed by atoms with Crippen molar-refractivity contribution in [2.75, 3.05) is 0 Å². The van der Waals surface area contributed by atoms with Gasteiger partial charge in [0.25, 0.3) is 0 Å². The Morgan fingerprint density at radius 2 is 2.18 bits per heavy atom. The number of aliphatic carboxylic acids is 1. The van der Waals surface area contributed by atoms with E-state index in [1.54, 1.807) is 17.9 Å². The van der Waals surface area contributed by atoms with Crippen molar-refractivity contribution in [2.45, 2.75) is 25.9 Å². The fraction of sp³-hybridized carbons (Fsp3) is 0.400. The smallest absolute Gasteiger partial charge is 0.306 e. The third kappa shape index (κ3) is 2.54. The van der Waals surface area contributed by atoms with E-state index in [2.05, 4.69) is 10.1 Å². The number of rotatable bonds is 4. The quantitative estimate of drug-likeness (QED) is 0.936. The van der Waals surface area contributed by atoms with E-state index < -0.39 is 17.7 Å². The van der Waals surface area contributed by atoms with E-state index in [0.717, 1.165) is 17.5 Å². The molecule has 0 amide bonds. The maximum Gasteiger partial charge on any atom is 0.306 e. The highest BCUT2D eigenvalue weighted by molar-refractivity contribution is 5.71. The summed E-state index contributed by atoms with van der Waals surface area (Å²) in [5.74, 6) is -1.68. The minimum absolute atomic E-state index is 0.0967. The monoisotopic (exact) mass is 305 g/mol. The molecule has 1 fully saturated rings. The Balaban J connectivity index is 1.81. The lowest BCUT2D eigenvalue weighted by Gasteiger charge is -2.32. The zero-order chi connectivity index (χ0) is 15.9. The van der Waals surface area contributed by atoms with E-state index in [1.807, 2.05) is 6.92 Å². The Morgan fingerprint density at radius 3 is 2.77 bits per heavy atom. The molecule has 3 rings (SSSR count). The van der Waals surface area contributed by atoms with Gasteiger partial charge in [0.1, 0.15) is 6.10 Å². The molecule has 0 radical (unpaired) electrons. The minimum Gasteiger partial charge on any atom is -0.487 e. The fourth-order valence-corrected chi connectivity index (χ4v) is 2.60. The lowest BCUT2D eigenvalue weighted by Crippen LogP contribution is -2.38. The molecule has 0 spiro atoms. The molecule has 2 heterocycles. The van der Waals surface area contributed by atoms with Crippen molar-refractivity contribution < 1.29 is 19.0 Å². The van der Waals surface area contributed by atoms with Gasteiger partial charge in [0, 0.05) is 13.1 Å². The average molecular weight is 305 g/mol. The van der Waals surface area contributed by atoms with Gasteiger partial charge in [-0.25, -0.2) is 4.39 Å². The molecule has 0 atom stereocenters. The van der Waals surface area contributed by atoms with Gasteiger partial charge in [0.2, 0.25) is 0 Å². The molecule has 22 heavy (non-hydrogen) atoms. The molecule has 1 N–H and O–H groups in total. The van der Waals surface area contributed by atoms with Crippen LogP contribution in [0.2, 0.25) is 0 Å². The summed E-state index contributed by atoms with van der Waals surface area (Å²) in [5.41, 5.74) is 2.30. The molecule has 1 aliphatic carbocycles. The van der Waals surface area contributed by atoms with Gasteiger partial charge >= 0.3 is 5.97 Å². The predicted octanol–water partition coefficient (Wildman–Crippen LogP) is 2.17. The molecule has 2 aromatic heterocycles. The van der Waals surface area contributed by atoms with Crippen LogP contribution in [0.4, 0.5) is 4.39 Å². The lowest BCUT2D eigenvalue weighted by molar-refractivity contribution is -0.148. The molecular weight excluding hydrogens is 289 g/mol. The highest BCUT2D eigenvalue weighted by Gasteiger charge is 2.36. The van der Waals surface area contributed by atoms with E-state index >= 15 is 0 Å². The zero-order valence-electron chi connectivity index (χ0n) is 12.3. The first-order chi connectivity index (χ1) is 10.5. The number of ether oxygens (including phenoxy) is 1. The van der Waals surface area contributed by atoms with Gasteiger partial charge in [0.05, 0.1) is 29.7 Å². The summed E-state index contributed by atoms with van der Waals surface area (Å²) in [6.07, 6.45) is 3.36. The molecule has 1 saturated carbocycles. The van der Waals surface area contributed by atoms with Gasteiger partial charge in [-0.2, -0.15) is 5.10 Å². The standard InChI is InChI=1S/C15H16FN3O3/c1-8-6-18-19(2)14(8)12-5-13(11(16)7-17-12)22-10-3-9(4-10)15(20)21/h5-7,9-10H,3-4H2,1-2H3,(H,20,21). The van der Waals surface area contributed by atoms with Crippen LogP contribution in [0.25, 0.3) is 11.4 Å². The first kappa shape index (κ1) is 14.5. The van der Waals surface area contributed by atoms with E-state index in [1.165, 1.54) is 6.07 Å². The minimum atomic E-state index is -0.832. The molecule has 0 bridgehead atoms. The molecule has 0 unspecified atom stereocenters. The summed E-state index contributed by atoms with van der Waals surface area (Å²) < 4.78 is 21.1. The van der Waals surface area contributed by atoms with Gasteiger partial charge in [-0.1, -0.05) is 0 Å². The maximum absolute atomic E-state index is 13.9. The normalized spacial score (nSPS) is 20.5. The number of aromatic nitrogens is 3. The second-order valence-corrected chi connectivity index (χ2v) is 5.55. The number of nitrogens with zero attached hydrogens (tertiary/aromatic N) is 3. The molecule has 6 nitrogen and oxygen atoms in total. The van der Waals surface area contributed by atoms with Crippen LogP contribution in [-0.2, 0) is 11.8 Å². The second-order valence-electron chi connectivity index (χ2n) is 5.55. The summed E-state index contributed by atoms with van der Waals surface area (Å²) in [7, 11) is 1.79. The number of hydrogen-bond donors (Lipinski definition) is 1. The van der Waals surface area contributed by atoms with Gasteiger partial charge in [-0.05, 0) is 25.3 Å². The summed E-state index contributed by atoms with van der Waals surface area (Å²) in [6.45, 7) is 1.90. The topological polar surface area (TPSA) is 77.2 Å². The Kier molecular flexibility index (Phi) is 3.56. The molecule has 2 aromatic rings. The predicted molar refractivity (Wildman–Crippen MR) is 75.9 cm³/mol. The molecule has 7 heteroatoms. The van der Waals surface area contributed by atoms with Crippen molar-refractivity contribution >= 4 is 5.97 Å².